The third-order valence-corrected chi connectivity index (χ3v) is 0.908. The quantitative estimate of drug-likeness (QED) is 0.409. The highest BCUT2D eigenvalue weighted by Gasteiger charge is 2.13. The molecule has 0 aliphatic carbocycles. The van der Waals surface area contributed by atoms with Crippen LogP contribution in [0.5, 0.6) is 0 Å². The highest BCUT2D eigenvalue weighted by molar-refractivity contribution is 4.58. The van der Waals surface area contributed by atoms with E-state index in [-0.39, 0.29) is 0 Å². The van der Waals surface area contributed by atoms with Crippen LogP contribution in [-0.4, -0.2) is 39.1 Å². The summed E-state index contributed by atoms with van der Waals surface area (Å²) in [4.78, 5) is 0. The molecular formula is C9H18O3. The van der Waals surface area contributed by atoms with Crippen LogP contribution < -0.4 is 0 Å². The summed E-state index contributed by atoms with van der Waals surface area (Å²) >= 11 is 0. The van der Waals surface area contributed by atoms with E-state index in [4.69, 9.17) is 4.74 Å². The fraction of sp³-hybridized carbons (Fsp3) is 0.778. The summed E-state index contributed by atoms with van der Waals surface area (Å²) in [6.45, 7) is 13.0. The highest BCUT2D eigenvalue weighted by Crippen LogP contribution is 2.04. The van der Waals surface area contributed by atoms with Gasteiger partial charge in [-0.25, -0.2) is 0 Å². The van der Waals surface area contributed by atoms with E-state index in [9.17, 15) is 0 Å². The standard InChI is InChI=1S/C3H6O.2C2H4O.C2H4/c1-3-2-4-3;2*1-2-3-1;1-2/h3H,2H2,1H3;2*1-2H2;1-2H2. The van der Waals surface area contributed by atoms with Crippen LogP contribution in [-0.2, 0) is 14.2 Å². The van der Waals surface area contributed by atoms with E-state index < -0.39 is 0 Å². The van der Waals surface area contributed by atoms with Crippen LogP contribution >= 0.6 is 0 Å². The summed E-state index contributed by atoms with van der Waals surface area (Å²) in [5, 5.41) is 0. The largest absolute Gasteiger partial charge is 0.377 e. The van der Waals surface area contributed by atoms with E-state index in [1.165, 1.54) is 0 Å². The second kappa shape index (κ2) is 8.71. The van der Waals surface area contributed by atoms with E-state index >= 15 is 0 Å². The molecule has 3 aliphatic rings. The second-order valence-corrected chi connectivity index (χ2v) is 2.37. The summed E-state index contributed by atoms with van der Waals surface area (Å²) in [7, 11) is 0. The van der Waals surface area contributed by atoms with Gasteiger partial charge in [-0.3, -0.25) is 0 Å². The van der Waals surface area contributed by atoms with Gasteiger partial charge in [0.2, 0.25) is 0 Å². The summed E-state index contributed by atoms with van der Waals surface area (Å²) in [5.74, 6) is 0. The smallest absolute Gasteiger partial charge is 0.0781 e. The molecule has 0 N–H and O–H groups in total. The van der Waals surface area contributed by atoms with Crippen LogP contribution in [0.25, 0.3) is 0 Å². The third kappa shape index (κ3) is 33.5. The Kier molecular flexibility index (Phi) is 8.44. The summed E-state index contributed by atoms with van der Waals surface area (Å²) < 4.78 is 13.7. The minimum atomic E-state index is 0.583. The predicted octanol–water partition coefficient (Wildman–Crippen LogP) is 1.24. The van der Waals surface area contributed by atoms with E-state index in [0.29, 0.717) is 6.10 Å². The molecule has 0 saturated carbocycles. The summed E-state index contributed by atoms with van der Waals surface area (Å²) in [6.07, 6.45) is 0.583. The molecule has 1 unspecified atom stereocenters. The van der Waals surface area contributed by atoms with Crippen molar-refractivity contribution in [3.63, 3.8) is 0 Å². The Bertz CT molecular complexity index is 76.3. The van der Waals surface area contributed by atoms with Crippen LogP contribution in [0.1, 0.15) is 6.92 Å². The molecule has 0 aromatic carbocycles. The Labute approximate surface area is 74.3 Å². The highest BCUT2D eigenvalue weighted by atomic mass is 16.6. The van der Waals surface area contributed by atoms with Crippen LogP contribution in [0, 0.1) is 0 Å². The molecule has 3 saturated heterocycles. The van der Waals surface area contributed by atoms with Gasteiger partial charge in [0.05, 0.1) is 39.1 Å². The molecular weight excluding hydrogens is 156 g/mol. The number of epoxide rings is 3. The lowest BCUT2D eigenvalue weighted by Gasteiger charge is -1.50. The van der Waals surface area contributed by atoms with Crippen molar-refractivity contribution in [2.24, 2.45) is 0 Å². The third-order valence-electron chi connectivity index (χ3n) is 0.908. The Balaban J connectivity index is 0.000000139. The first-order valence-electron chi connectivity index (χ1n) is 4.16. The first kappa shape index (κ1) is 11.6. The maximum Gasteiger partial charge on any atom is 0.0781 e. The molecule has 0 aromatic rings. The normalized spacial score (nSPS) is 25.6. The minimum Gasteiger partial charge on any atom is -0.377 e. The fourth-order valence-corrected chi connectivity index (χ4v) is 0.0962. The number of hydrogen-bond donors (Lipinski definition) is 0. The van der Waals surface area contributed by atoms with E-state index in [2.05, 4.69) is 29.6 Å². The molecule has 3 aliphatic heterocycles. The molecule has 72 valence electrons. The number of rotatable bonds is 0. The minimum absolute atomic E-state index is 0.583. The van der Waals surface area contributed by atoms with Crippen molar-refractivity contribution >= 4 is 0 Å². The Morgan fingerprint density at radius 2 is 1.17 bits per heavy atom. The van der Waals surface area contributed by atoms with Gasteiger partial charge in [-0.05, 0) is 6.92 Å². The first-order chi connectivity index (χ1) is 5.89. The van der Waals surface area contributed by atoms with Gasteiger partial charge in [0.1, 0.15) is 0 Å². The fourth-order valence-electron chi connectivity index (χ4n) is 0.0962. The van der Waals surface area contributed by atoms with Gasteiger partial charge in [-0.2, -0.15) is 0 Å². The molecule has 0 amide bonds. The van der Waals surface area contributed by atoms with Crippen LogP contribution in [0.2, 0.25) is 0 Å². The topological polar surface area (TPSA) is 37.6 Å². The van der Waals surface area contributed by atoms with Crippen molar-refractivity contribution in [3.8, 4) is 0 Å². The Morgan fingerprint density at radius 3 is 1.17 bits per heavy atom. The van der Waals surface area contributed by atoms with E-state index in [1.54, 1.807) is 0 Å². The molecule has 0 radical (unpaired) electrons. The van der Waals surface area contributed by atoms with Gasteiger partial charge in [0.15, 0.2) is 0 Å². The average Bonchev–Trinajstić information content (AvgIpc) is 2.81. The molecule has 0 aromatic heterocycles. The lowest BCUT2D eigenvalue weighted by molar-refractivity contribution is 0.423. The van der Waals surface area contributed by atoms with Crippen molar-refractivity contribution in [2.45, 2.75) is 13.0 Å². The van der Waals surface area contributed by atoms with Crippen molar-refractivity contribution < 1.29 is 14.2 Å². The molecule has 3 rings (SSSR count). The summed E-state index contributed by atoms with van der Waals surface area (Å²) in [6, 6.07) is 0. The molecule has 3 fully saturated rings. The zero-order valence-electron chi connectivity index (χ0n) is 7.75. The van der Waals surface area contributed by atoms with Crippen LogP contribution in [0.15, 0.2) is 13.2 Å². The van der Waals surface area contributed by atoms with Crippen LogP contribution in [0.3, 0.4) is 0 Å². The lowest BCUT2D eigenvalue weighted by atomic mass is 10.6. The van der Waals surface area contributed by atoms with Gasteiger partial charge in [0, 0.05) is 0 Å². The van der Waals surface area contributed by atoms with Crippen molar-refractivity contribution in [3.05, 3.63) is 13.2 Å². The maximum absolute atomic E-state index is 4.71. The molecule has 3 heterocycles. The van der Waals surface area contributed by atoms with Crippen molar-refractivity contribution in [2.75, 3.05) is 33.0 Å². The Morgan fingerprint density at radius 1 is 1.00 bits per heavy atom. The van der Waals surface area contributed by atoms with Gasteiger partial charge < -0.3 is 14.2 Å². The van der Waals surface area contributed by atoms with E-state index in [0.717, 1.165) is 33.0 Å². The van der Waals surface area contributed by atoms with Gasteiger partial charge >= 0.3 is 0 Å². The maximum atomic E-state index is 4.71. The molecule has 1 atom stereocenters. The van der Waals surface area contributed by atoms with Gasteiger partial charge in [0.25, 0.3) is 0 Å². The van der Waals surface area contributed by atoms with Gasteiger partial charge in [-0.1, -0.05) is 0 Å². The monoisotopic (exact) mass is 174 g/mol. The molecule has 0 spiro atoms. The van der Waals surface area contributed by atoms with Crippen LogP contribution in [0.4, 0.5) is 0 Å². The second-order valence-electron chi connectivity index (χ2n) is 2.37. The average molecular weight is 174 g/mol. The zero-order chi connectivity index (χ0) is 9.23. The predicted molar refractivity (Wildman–Crippen MR) is 48.3 cm³/mol. The van der Waals surface area contributed by atoms with Crippen molar-refractivity contribution in [1.29, 1.82) is 0 Å². The Hall–Kier alpha value is -0.380. The molecule has 3 nitrogen and oxygen atoms in total. The van der Waals surface area contributed by atoms with Crippen molar-refractivity contribution in [1.82, 2.24) is 0 Å². The number of ether oxygens (including phenoxy) is 3. The lowest BCUT2D eigenvalue weighted by Crippen LogP contribution is -1.60. The SMILES string of the molecule is C1CO1.C1CO1.C=C.CC1CO1. The number of hydrogen-bond acceptors (Lipinski definition) is 3. The summed E-state index contributed by atoms with van der Waals surface area (Å²) in [5.41, 5.74) is 0. The van der Waals surface area contributed by atoms with E-state index in [1.807, 2.05) is 0 Å². The molecule has 0 bridgehead atoms. The molecule has 3 heteroatoms. The molecule has 12 heavy (non-hydrogen) atoms. The van der Waals surface area contributed by atoms with Gasteiger partial charge in [-0.15, -0.1) is 13.2 Å². The zero-order valence-corrected chi connectivity index (χ0v) is 7.75. The first-order valence-corrected chi connectivity index (χ1v) is 4.16.